The van der Waals surface area contributed by atoms with E-state index in [0.29, 0.717) is 16.7 Å². The van der Waals surface area contributed by atoms with Crippen LogP contribution in [0.3, 0.4) is 0 Å². The van der Waals surface area contributed by atoms with Crippen molar-refractivity contribution in [3.63, 3.8) is 0 Å². The highest BCUT2D eigenvalue weighted by atomic mass is 16.7. The molecule has 0 spiro atoms. The molecule has 51 heavy (non-hydrogen) atoms. The van der Waals surface area contributed by atoms with E-state index in [4.69, 9.17) is 28.4 Å². The third-order valence-corrected chi connectivity index (χ3v) is 8.14. The monoisotopic (exact) mass is 726 g/mol. The van der Waals surface area contributed by atoms with Crippen molar-refractivity contribution in [3.05, 3.63) is 34.9 Å². The number of aliphatic hydroxyl groups is 12. The highest BCUT2D eigenvalue weighted by Gasteiger charge is 2.46. The first-order valence-electron chi connectivity index (χ1n) is 15.8. The average Bonchev–Trinajstić information content (AvgIpc) is 3.13. The van der Waals surface area contributed by atoms with Gasteiger partial charge in [0.05, 0.1) is 19.8 Å². The smallest absolute Gasteiger partial charge is 0.187 e. The van der Waals surface area contributed by atoms with Gasteiger partial charge < -0.3 is 89.7 Å². The van der Waals surface area contributed by atoms with Crippen molar-refractivity contribution < 1.29 is 89.7 Å². The largest absolute Gasteiger partial charge is 0.394 e. The van der Waals surface area contributed by atoms with Crippen molar-refractivity contribution in [3.8, 4) is 35.5 Å². The van der Waals surface area contributed by atoms with Gasteiger partial charge in [-0.25, -0.2) is 0 Å². The maximum atomic E-state index is 10.2. The van der Waals surface area contributed by atoms with Crippen LogP contribution in [0.15, 0.2) is 18.2 Å². The average molecular weight is 727 g/mol. The Morgan fingerprint density at radius 1 is 0.412 bits per heavy atom. The molecule has 0 radical (unpaired) electrons. The van der Waals surface area contributed by atoms with E-state index in [1.165, 1.54) is 0 Å². The lowest BCUT2D eigenvalue weighted by Crippen LogP contribution is -2.59. The van der Waals surface area contributed by atoms with Crippen molar-refractivity contribution in [2.75, 3.05) is 39.6 Å². The molecule has 3 saturated heterocycles. The first-order chi connectivity index (χ1) is 24.4. The molecule has 18 nitrogen and oxygen atoms in total. The molecule has 1 aromatic rings. The number of hydrogen-bond donors (Lipinski definition) is 12. The van der Waals surface area contributed by atoms with Gasteiger partial charge in [-0.15, -0.1) is 0 Å². The van der Waals surface area contributed by atoms with Crippen LogP contribution in [-0.2, 0) is 28.4 Å². The Morgan fingerprint density at radius 2 is 0.667 bits per heavy atom. The number of rotatable bonds is 9. The fourth-order valence-corrected chi connectivity index (χ4v) is 5.25. The van der Waals surface area contributed by atoms with Crippen LogP contribution in [0.1, 0.15) is 16.7 Å². The molecule has 3 heterocycles. The molecule has 18 heteroatoms. The van der Waals surface area contributed by atoms with E-state index < -0.39 is 112 Å². The molecule has 12 N–H and O–H groups in total. The summed E-state index contributed by atoms with van der Waals surface area (Å²) >= 11 is 0. The van der Waals surface area contributed by atoms with Crippen molar-refractivity contribution in [2.24, 2.45) is 0 Å². The molecule has 15 atom stereocenters. The van der Waals surface area contributed by atoms with Gasteiger partial charge in [-0.05, 0) is 18.2 Å². The second-order valence-electron chi connectivity index (χ2n) is 11.7. The summed E-state index contributed by atoms with van der Waals surface area (Å²) in [6.07, 6.45) is -22.0. The zero-order chi connectivity index (χ0) is 37.2. The molecule has 3 aliphatic heterocycles. The predicted molar refractivity (Wildman–Crippen MR) is 166 cm³/mol. The van der Waals surface area contributed by atoms with Gasteiger partial charge in [0.1, 0.15) is 93.1 Å². The maximum Gasteiger partial charge on any atom is 0.187 e. The summed E-state index contributed by atoms with van der Waals surface area (Å²) in [5.74, 6) is 16.6. The van der Waals surface area contributed by atoms with Gasteiger partial charge in [0.15, 0.2) is 18.9 Å². The van der Waals surface area contributed by atoms with Crippen LogP contribution in [-0.4, -0.2) is 193 Å². The van der Waals surface area contributed by atoms with Crippen LogP contribution in [0.5, 0.6) is 0 Å². The van der Waals surface area contributed by atoms with E-state index in [9.17, 15) is 61.3 Å². The van der Waals surface area contributed by atoms with Gasteiger partial charge >= 0.3 is 0 Å². The van der Waals surface area contributed by atoms with Gasteiger partial charge in [-0.3, -0.25) is 0 Å². The molecule has 4 rings (SSSR count). The molecular formula is C33H42O18. The van der Waals surface area contributed by atoms with Crippen LogP contribution in [0.4, 0.5) is 0 Å². The predicted octanol–water partition coefficient (Wildman–Crippen LogP) is -6.81. The minimum Gasteiger partial charge on any atom is -0.394 e. The summed E-state index contributed by atoms with van der Waals surface area (Å²) in [5.41, 5.74) is 1.15. The quantitative estimate of drug-likeness (QED) is 0.105. The van der Waals surface area contributed by atoms with Crippen LogP contribution in [0.2, 0.25) is 0 Å². The number of benzene rings is 1. The fourth-order valence-electron chi connectivity index (χ4n) is 5.25. The lowest BCUT2D eigenvalue weighted by atomic mass is 9.99. The van der Waals surface area contributed by atoms with Gasteiger partial charge in [0.2, 0.25) is 0 Å². The van der Waals surface area contributed by atoms with Gasteiger partial charge in [-0.2, -0.15) is 0 Å². The summed E-state index contributed by atoms with van der Waals surface area (Å²) in [5, 5.41) is 118. The molecule has 0 aromatic heterocycles. The lowest BCUT2D eigenvalue weighted by molar-refractivity contribution is -0.298. The number of hydrogen-bond acceptors (Lipinski definition) is 18. The summed E-state index contributed by atoms with van der Waals surface area (Å²) in [7, 11) is 0. The van der Waals surface area contributed by atoms with Crippen molar-refractivity contribution in [2.45, 2.75) is 92.1 Å². The highest BCUT2D eigenvalue weighted by molar-refractivity contribution is 5.51. The van der Waals surface area contributed by atoms with Gasteiger partial charge in [-0.1, -0.05) is 35.5 Å². The van der Waals surface area contributed by atoms with Crippen molar-refractivity contribution >= 4 is 0 Å². The van der Waals surface area contributed by atoms with Crippen molar-refractivity contribution in [1.29, 1.82) is 0 Å². The zero-order valence-electron chi connectivity index (χ0n) is 27.0. The molecule has 0 aliphatic carbocycles. The summed E-state index contributed by atoms with van der Waals surface area (Å²) < 4.78 is 32.1. The van der Waals surface area contributed by atoms with E-state index in [1.54, 1.807) is 18.2 Å². The van der Waals surface area contributed by atoms with E-state index >= 15 is 0 Å². The Kier molecular flexibility index (Phi) is 15.5. The van der Waals surface area contributed by atoms with Crippen molar-refractivity contribution in [1.82, 2.24) is 0 Å². The topological polar surface area (TPSA) is 298 Å². The second kappa shape index (κ2) is 19.3. The molecule has 0 unspecified atom stereocenters. The molecular weight excluding hydrogens is 684 g/mol. The SMILES string of the molecule is OC[C@H]1O[C@@H](OCC#Cc2cc(C#CCO[C@@H]3O[C@H](CO)[C@H](O)[C@H](O)[C@H]3O)cc(C#CCO[C@@H]3O[C@H](CO)[C@H](O)[C@H](O)[C@H]3O)c2)[C@H](O)[C@@H](O)[C@H]1O. The molecule has 3 fully saturated rings. The first-order valence-corrected chi connectivity index (χ1v) is 15.8. The minimum atomic E-state index is -1.63. The van der Waals surface area contributed by atoms with Gasteiger partial charge in [0, 0.05) is 16.7 Å². The first kappa shape index (κ1) is 40.9. The van der Waals surface area contributed by atoms with E-state index in [-0.39, 0.29) is 19.8 Å². The molecule has 0 saturated carbocycles. The molecule has 1 aromatic carbocycles. The van der Waals surface area contributed by atoms with E-state index in [0.717, 1.165) is 0 Å². The van der Waals surface area contributed by atoms with Crippen LogP contribution < -0.4 is 0 Å². The normalized spacial score (nSPS) is 38.0. The highest BCUT2D eigenvalue weighted by Crippen LogP contribution is 2.24. The Bertz CT molecular complexity index is 1270. The minimum absolute atomic E-state index is 0.306. The third-order valence-electron chi connectivity index (χ3n) is 8.14. The summed E-state index contributed by atoms with van der Waals surface area (Å²) in [6, 6.07) is 4.74. The second-order valence-corrected chi connectivity index (χ2v) is 11.7. The van der Waals surface area contributed by atoms with Crippen LogP contribution in [0, 0.1) is 35.5 Å². The molecule has 0 bridgehead atoms. The maximum absolute atomic E-state index is 10.2. The summed E-state index contributed by atoms with van der Waals surface area (Å²) in [6.45, 7) is -2.81. The number of ether oxygens (including phenoxy) is 6. The summed E-state index contributed by atoms with van der Waals surface area (Å²) in [4.78, 5) is 0. The van der Waals surface area contributed by atoms with E-state index in [2.05, 4.69) is 35.5 Å². The Labute approximate surface area is 291 Å². The third kappa shape index (κ3) is 10.4. The Balaban J connectivity index is 1.46. The Morgan fingerprint density at radius 3 is 0.902 bits per heavy atom. The fraction of sp³-hybridized carbons (Fsp3) is 0.636. The lowest BCUT2D eigenvalue weighted by Gasteiger charge is -2.39. The molecule has 0 amide bonds. The molecule has 3 aliphatic rings. The van der Waals surface area contributed by atoms with E-state index in [1.807, 2.05) is 0 Å². The van der Waals surface area contributed by atoms with Crippen LogP contribution >= 0.6 is 0 Å². The Hall–Kier alpha value is -2.82. The number of aliphatic hydroxyl groups excluding tert-OH is 12. The zero-order valence-corrected chi connectivity index (χ0v) is 27.0. The molecule has 282 valence electrons. The standard InChI is InChI=1S/C33H42O18/c34-13-19-22(37)25(40)28(43)31(49-19)46-7-1-4-16-10-17(5-2-8-47-32-29(44)26(41)23(38)20(14-35)50-32)12-18(11-16)6-3-9-48-33-30(45)27(42)24(39)21(15-36)51-33/h10-12,19-45H,7-9,13-15H2/t19-,20-,21-,22+,23+,24+,25+,26+,27+,28-,29-,30-,31-,32-,33-/m1/s1. The van der Waals surface area contributed by atoms with Gasteiger partial charge in [0.25, 0.3) is 0 Å². The van der Waals surface area contributed by atoms with Crippen LogP contribution in [0.25, 0.3) is 0 Å².